The van der Waals surface area contributed by atoms with Crippen LogP contribution in [0.4, 0.5) is 9.93 Å². The van der Waals surface area contributed by atoms with E-state index in [9.17, 15) is 19.2 Å². The van der Waals surface area contributed by atoms with Gasteiger partial charge in [0.2, 0.25) is 11.8 Å². The number of benzene rings is 4. The van der Waals surface area contributed by atoms with Crippen molar-refractivity contribution < 1.29 is 28.7 Å². The molecule has 14 heteroatoms. The number of hydrogen-bond acceptors (Lipinski definition) is 10. The second-order valence-electron chi connectivity index (χ2n) is 13.7. The number of urea groups is 1. The Bertz CT molecular complexity index is 2280. The Morgan fingerprint density at radius 1 is 0.982 bits per heavy atom. The van der Waals surface area contributed by atoms with Crippen molar-refractivity contribution in [2.24, 2.45) is 0 Å². The molecule has 292 valence electrons. The summed E-state index contributed by atoms with van der Waals surface area (Å²) >= 11 is 1.38. The van der Waals surface area contributed by atoms with Gasteiger partial charge in [0.1, 0.15) is 24.6 Å². The number of hydrazine groups is 1. The molecule has 3 N–H and O–H groups in total. The highest BCUT2D eigenvalue weighted by molar-refractivity contribution is 7.22. The number of nitrogen functional groups attached to an aromatic ring is 1. The van der Waals surface area contributed by atoms with E-state index < -0.39 is 24.2 Å². The summed E-state index contributed by atoms with van der Waals surface area (Å²) in [6.07, 6.45) is 4.24. The lowest BCUT2D eigenvalue weighted by Crippen LogP contribution is -2.66. The number of aromatic nitrogens is 1. The quantitative estimate of drug-likeness (QED) is 0.0860. The monoisotopic (exact) mass is 785 g/mol. The summed E-state index contributed by atoms with van der Waals surface area (Å²) in [5.74, 6) is -0.238. The van der Waals surface area contributed by atoms with Gasteiger partial charge in [-0.25, -0.2) is 14.6 Å². The molecular weight excluding hydrogens is 743 g/mol. The molecule has 2 saturated heterocycles. The number of nitrogens with one attached hydrogen (secondary N) is 1. The van der Waals surface area contributed by atoms with Gasteiger partial charge in [-0.15, -0.1) is 6.58 Å². The molecule has 5 aromatic rings. The van der Waals surface area contributed by atoms with Crippen molar-refractivity contribution in [1.29, 1.82) is 0 Å². The molecule has 2 fully saturated rings. The molecule has 13 nitrogen and oxygen atoms in total. The molecule has 0 saturated carbocycles. The number of amides is 4. The van der Waals surface area contributed by atoms with Gasteiger partial charge in [-0.3, -0.25) is 14.6 Å². The third-order valence-corrected chi connectivity index (χ3v) is 10.8. The van der Waals surface area contributed by atoms with E-state index in [4.69, 9.17) is 15.2 Å². The van der Waals surface area contributed by atoms with E-state index in [-0.39, 0.29) is 57.6 Å². The highest BCUT2D eigenvalue weighted by Gasteiger charge is 2.52. The minimum atomic E-state index is -0.858. The molecule has 57 heavy (non-hydrogen) atoms. The van der Waals surface area contributed by atoms with E-state index in [0.717, 1.165) is 38.0 Å². The van der Waals surface area contributed by atoms with Crippen molar-refractivity contribution in [1.82, 2.24) is 30.1 Å². The number of piperazine rings is 1. The molecule has 0 aliphatic carbocycles. The summed E-state index contributed by atoms with van der Waals surface area (Å²) < 4.78 is 11.5. The van der Waals surface area contributed by atoms with Gasteiger partial charge in [-0.05, 0) is 52.1 Å². The molecule has 4 amide bonds. The van der Waals surface area contributed by atoms with Crippen LogP contribution >= 0.6 is 11.3 Å². The molecule has 1 aromatic heterocycles. The van der Waals surface area contributed by atoms with Gasteiger partial charge in [0.15, 0.2) is 5.13 Å². The van der Waals surface area contributed by atoms with Crippen LogP contribution in [0.1, 0.15) is 27.8 Å². The topological polar surface area (TPSA) is 151 Å². The Hall–Kier alpha value is -6.51. The van der Waals surface area contributed by atoms with Gasteiger partial charge in [-0.1, -0.05) is 96.3 Å². The number of esters is 1. The first-order valence-electron chi connectivity index (χ1n) is 18.5. The highest BCUT2D eigenvalue weighted by Crippen LogP contribution is 2.32. The van der Waals surface area contributed by atoms with Crippen LogP contribution in [-0.4, -0.2) is 87.6 Å². The Balaban J connectivity index is 1.11. The van der Waals surface area contributed by atoms with E-state index in [1.54, 1.807) is 34.1 Å². The predicted octanol–water partition coefficient (Wildman–Crippen LogP) is 5.38. The molecular formula is C43H43N7O6S. The lowest BCUT2D eigenvalue weighted by Gasteiger charge is -2.46. The first-order valence-corrected chi connectivity index (χ1v) is 19.3. The molecule has 2 aliphatic rings. The normalized spacial score (nSPS) is 16.9. The maximum atomic E-state index is 14.5. The van der Waals surface area contributed by atoms with Crippen LogP contribution in [0.3, 0.4) is 0 Å². The standard InChI is InChI=1S/C43H43N7O6S/c1-3-22-48(43(54)45-24-31-16-19-34(55-2)20-17-31)49-27-38(51)50-35(41(53)47(26-37(49)50)25-33-10-7-11-36-40(33)46-42(44)57-36)23-30-14-12-29(13-15-30)18-21-39(52)56-28-32-8-5-4-6-9-32/h3-21,35,37H,1,22-28H2,2H3,(H2,44,46)(H,45,54)/b21-18-/t35-,37+/m0/s1. The van der Waals surface area contributed by atoms with E-state index in [2.05, 4.69) is 16.9 Å². The van der Waals surface area contributed by atoms with E-state index in [0.29, 0.717) is 10.9 Å². The summed E-state index contributed by atoms with van der Waals surface area (Å²) in [4.78, 5) is 62.6. The highest BCUT2D eigenvalue weighted by atomic mass is 32.1. The summed E-state index contributed by atoms with van der Waals surface area (Å²) in [6, 6.07) is 28.8. The van der Waals surface area contributed by atoms with E-state index >= 15 is 0 Å². The SMILES string of the molecule is C=CCN(C(=O)NCc1ccc(OC)cc1)N1CC(=O)N2[C@@H](Cc3ccc(/C=C\C(=O)OCc4ccccc4)cc3)C(=O)N(Cc3cccc4sc(N)nc34)C[C@@H]21. The van der Waals surface area contributed by atoms with Gasteiger partial charge >= 0.3 is 12.0 Å². The molecule has 0 unspecified atom stereocenters. The van der Waals surface area contributed by atoms with Crippen LogP contribution in [0.25, 0.3) is 16.3 Å². The average molecular weight is 786 g/mol. The minimum Gasteiger partial charge on any atom is -0.497 e. The number of nitrogens with zero attached hydrogens (tertiary/aromatic N) is 5. The number of carbonyl (C=O) groups is 4. The van der Waals surface area contributed by atoms with Crippen LogP contribution in [0.2, 0.25) is 0 Å². The lowest BCUT2D eigenvalue weighted by atomic mass is 9.99. The summed E-state index contributed by atoms with van der Waals surface area (Å²) in [6.45, 7) is 4.73. The smallest absolute Gasteiger partial charge is 0.332 e. The van der Waals surface area contributed by atoms with Crippen LogP contribution in [0, 0.1) is 0 Å². The number of ether oxygens (including phenoxy) is 2. The van der Waals surface area contributed by atoms with Crippen molar-refractivity contribution >= 4 is 56.6 Å². The Morgan fingerprint density at radius 2 is 1.74 bits per heavy atom. The lowest BCUT2D eigenvalue weighted by molar-refractivity contribution is -0.157. The number of fused-ring (bicyclic) bond motifs is 2. The number of anilines is 1. The van der Waals surface area contributed by atoms with Crippen molar-refractivity contribution in [3.05, 3.63) is 144 Å². The molecule has 0 radical (unpaired) electrons. The number of methoxy groups -OCH3 is 1. The number of nitrogens with two attached hydrogens (primary N) is 1. The molecule has 7 rings (SSSR count). The van der Waals surface area contributed by atoms with Gasteiger partial charge < -0.3 is 30.3 Å². The van der Waals surface area contributed by atoms with Crippen LogP contribution in [-0.2, 0) is 45.2 Å². The Kier molecular flexibility index (Phi) is 11.9. The maximum Gasteiger partial charge on any atom is 0.332 e. The zero-order chi connectivity index (χ0) is 39.9. The van der Waals surface area contributed by atoms with Crippen molar-refractivity contribution in [3.63, 3.8) is 0 Å². The van der Waals surface area contributed by atoms with Crippen LogP contribution < -0.4 is 15.8 Å². The van der Waals surface area contributed by atoms with Crippen molar-refractivity contribution in [2.45, 2.75) is 38.3 Å². The molecule has 3 heterocycles. The maximum absolute atomic E-state index is 14.5. The minimum absolute atomic E-state index is 0.103. The fourth-order valence-electron chi connectivity index (χ4n) is 7.11. The van der Waals surface area contributed by atoms with E-state index in [1.165, 1.54) is 22.4 Å². The molecule has 2 atom stereocenters. The van der Waals surface area contributed by atoms with Gasteiger partial charge in [0.05, 0.1) is 37.0 Å². The number of rotatable bonds is 14. The Labute approximate surface area is 334 Å². The summed E-state index contributed by atoms with van der Waals surface area (Å²) in [7, 11) is 1.59. The molecule has 0 bridgehead atoms. The van der Waals surface area contributed by atoms with Crippen LogP contribution in [0.15, 0.2) is 116 Å². The predicted molar refractivity (Wildman–Crippen MR) is 218 cm³/mol. The van der Waals surface area contributed by atoms with Gasteiger partial charge in [0.25, 0.3) is 0 Å². The van der Waals surface area contributed by atoms with E-state index in [1.807, 2.05) is 97.1 Å². The third-order valence-electron chi connectivity index (χ3n) is 9.94. The summed E-state index contributed by atoms with van der Waals surface area (Å²) in [5.41, 5.74) is 11.0. The number of thiazole rings is 1. The first-order chi connectivity index (χ1) is 27.7. The zero-order valence-corrected chi connectivity index (χ0v) is 32.3. The molecule has 4 aromatic carbocycles. The number of hydrogen-bond donors (Lipinski definition) is 2. The molecule has 0 spiro atoms. The fraction of sp³-hybridized carbons (Fsp3) is 0.233. The second-order valence-corrected chi connectivity index (χ2v) is 14.7. The average Bonchev–Trinajstić information content (AvgIpc) is 3.78. The third kappa shape index (κ3) is 8.98. The Morgan fingerprint density at radius 3 is 2.47 bits per heavy atom. The zero-order valence-electron chi connectivity index (χ0n) is 31.5. The molecule has 2 aliphatic heterocycles. The van der Waals surface area contributed by atoms with Gasteiger partial charge in [-0.2, -0.15) is 5.01 Å². The fourth-order valence-corrected chi connectivity index (χ4v) is 7.90. The summed E-state index contributed by atoms with van der Waals surface area (Å²) in [5, 5.41) is 6.62. The first kappa shape index (κ1) is 38.8. The second kappa shape index (κ2) is 17.5. The van der Waals surface area contributed by atoms with Crippen molar-refractivity contribution in [3.8, 4) is 5.75 Å². The number of carbonyl (C=O) groups excluding carboxylic acids is 4. The van der Waals surface area contributed by atoms with Crippen molar-refractivity contribution in [2.75, 3.05) is 32.5 Å². The van der Waals surface area contributed by atoms with Gasteiger partial charge in [0, 0.05) is 25.6 Å². The number of para-hydroxylation sites is 1. The largest absolute Gasteiger partial charge is 0.497 e. The van der Waals surface area contributed by atoms with Crippen LogP contribution in [0.5, 0.6) is 5.75 Å².